The number of halogens is 1. The van der Waals surface area contributed by atoms with Crippen LogP contribution in [0.1, 0.15) is 27.7 Å². The molecule has 6 nitrogen and oxygen atoms in total. The normalized spacial score (nSPS) is 17.1. The number of rotatable bonds is 4. The van der Waals surface area contributed by atoms with Crippen LogP contribution < -0.4 is 10.6 Å². The Balaban J connectivity index is 1.67. The fourth-order valence-electron chi connectivity index (χ4n) is 4.35. The van der Waals surface area contributed by atoms with Gasteiger partial charge in [0.2, 0.25) is 5.91 Å². The summed E-state index contributed by atoms with van der Waals surface area (Å²) in [6, 6.07) is 15.4. The van der Waals surface area contributed by atoms with Crippen LogP contribution in [0.2, 0.25) is 5.02 Å². The second kappa shape index (κ2) is 8.68. The van der Waals surface area contributed by atoms with Crippen molar-refractivity contribution >= 4 is 34.1 Å². The van der Waals surface area contributed by atoms with Crippen LogP contribution in [0.3, 0.4) is 0 Å². The minimum atomic E-state index is -0.486. The van der Waals surface area contributed by atoms with Gasteiger partial charge in [0.1, 0.15) is 5.69 Å². The molecule has 2 heterocycles. The number of hydrogen-bond acceptors (Lipinski definition) is 5. The van der Waals surface area contributed by atoms with Gasteiger partial charge in [-0.3, -0.25) is 4.79 Å². The Morgan fingerprint density at radius 3 is 2.31 bits per heavy atom. The second-order valence-corrected chi connectivity index (χ2v) is 9.85. The maximum absolute atomic E-state index is 13.0. The molecular weight excluding hydrogens is 422 g/mol. The summed E-state index contributed by atoms with van der Waals surface area (Å²) in [6.45, 7) is 10.1. The first-order valence-electron chi connectivity index (χ1n) is 11.0. The van der Waals surface area contributed by atoms with Gasteiger partial charge in [0.05, 0.1) is 11.6 Å². The topological polar surface area (TPSA) is 75.4 Å². The van der Waals surface area contributed by atoms with Gasteiger partial charge in [-0.25, -0.2) is 0 Å². The van der Waals surface area contributed by atoms with Gasteiger partial charge in [-0.05, 0) is 31.9 Å². The molecule has 0 saturated carbocycles. The first-order valence-corrected chi connectivity index (χ1v) is 11.4. The molecule has 0 bridgehead atoms. The predicted octanol–water partition coefficient (Wildman–Crippen LogP) is 4.36. The highest BCUT2D eigenvalue weighted by Crippen LogP contribution is 2.34. The van der Waals surface area contributed by atoms with E-state index in [0.29, 0.717) is 24.7 Å². The molecule has 2 aromatic carbocycles. The summed E-state index contributed by atoms with van der Waals surface area (Å²) < 4.78 is 0. The standard InChI is InChI=1S/C25H30ClN5O/c1-16(2)21(27)24(32)31-14-13-30(15-25(31,3)4)23-20-8-6-5-7-19(20)22(28-29-23)17-9-11-18(26)12-10-17/h5-12,16,21H,13-15,27H2,1-4H3. The Hall–Kier alpha value is -2.70. The Labute approximate surface area is 194 Å². The van der Waals surface area contributed by atoms with Gasteiger partial charge in [0, 0.05) is 41.0 Å². The number of piperazine rings is 1. The van der Waals surface area contributed by atoms with Gasteiger partial charge in [0.25, 0.3) is 0 Å². The Bertz CT molecular complexity index is 1130. The molecule has 0 aliphatic carbocycles. The minimum absolute atomic E-state index is 0.0127. The summed E-state index contributed by atoms with van der Waals surface area (Å²) in [6.07, 6.45) is 0. The average Bonchev–Trinajstić information content (AvgIpc) is 2.77. The highest BCUT2D eigenvalue weighted by molar-refractivity contribution is 6.30. The van der Waals surface area contributed by atoms with E-state index in [1.165, 1.54) is 0 Å². The molecule has 1 aromatic heterocycles. The second-order valence-electron chi connectivity index (χ2n) is 9.42. The number of nitrogens with two attached hydrogens (primary N) is 1. The zero-order chi connectivity index (χ0) is 23.0. The molecule has 1 saturated heterocycles. The Morgan fingerprint density at radius 1 is 1.03 bits per heavy atom. The van der Waals surface area contributed by atoms with E-state index in [1.54, 1.807) is 0 Å². The number of carbonyl (C=O) groups excluding carboxylic acids is 1. The Kier molecular flexibility index (Phi) is 6.10. The van der Waals surface area contributed by atoms with Crippen molar-refractivity contribution in [3.63, 3.8) is 0 Å². The number of fused-ring (bicyclic) bond motifs is 1. The van der Waals surface area contributed by atoms with Crippen LogP contribution in [0, 0.1) is 5.92 Å². The largest absolute Gasteiger partial charge is 0.351 e. The van der Waals surface area contributed by atoms with Crippen LogP contribution >= 0.6 is 11.6 Å². The van der Waals surface area contributed by atoms with Crippen LogP contribution in [-0.2, 0) is 4.79 Å². The molecule has 32 heavy (non-hydrogen) atoms. The number of aromatic nitrogens is 2. The van der Waals surface area contributed by atoms with E-state index >= 15 is 0 Å². The van der Waals surface area contributed by atoms with Gasteiger partial charge in [-0.1, -0.05) is 61.8 Å². The molecule has 2 N–H and O–H groups in total. The lowest BCUT2D eigenvalue weighted by molar-refractivity contribution is -0.139. The van der Waals surface area contributed by atoms with Crippen LogP contribution in [-0.4, -0.2) is 52.2 Å². The van der Waals surface area contributed by atoms with E-state index in [9.17, 15) is 4.79 Å². The van der Waals surface area contributed by atoms with E-state index in [0.717, 1.165) is 27.8 Å². The highest BCUT2D eigenvalue weighted by atomic mass is 35.5. The van der Waals surface area contributed by atoms with Gasteiger partial charge < -0.3 is 15.5 Å². The van der Waals surface area contributed by atoms with Crippen molar-refractivity contribution in [3.05, 3.63) is 53.6 Å². The summed E-state index contributed by atoms with van der Waals surface area (Å²) in [5.74, 6) is 0.955. The molecule has 1 unspecified atom stereocenters. The summed E-state index contributed by atoms with van der Waals surface area (Å²) >= 11 is 6.06. The third-order valence-electron chi connectivity index (χ3n) is 6.26. The van der Waals surface area contributed by atoms with Crippen LogP contribution in [0.25, 0.3) is 22.0 Å². The predicted molar refractivity (Wildman–Crippen MR) is 131 cm³/mol. The lowest BCUT2D eigenvalue weighted by Crippen LogP contribution is -2.64. The third kappa shape index (κ3) is 4.17. The first-order chi connectivity index (χ1) is 15.2. The zero-order valence-electron chi connectivity index (χ0n) is 19.0. The molecule has 1 amide bonds. The molecule has 0 spiro atoms. The van der Waals surface area contributed by atoms with E-state index in [2.05, 4.69) is 41.1 Å². The number of anilines is 1. The fourth-order valence-corrected chi connectivity index (χ4v) is 4.48. The van der Waals surface area contributed by atoms with Gasteiger partial charge in [0.15, 0.2) is 5.82 Å². The molecule has 1 aliphatic rings. The van der Waals surface area contributed by atoms with Gasteiger partial charge in [-0.15, -0.1) is 10.2 Å². The summed E-state index contributed by atoms with van der Waals surface area (Å²) in [5, 5.41) is 12.0. The van der Waals surface area contributed by atoms with Gasteiger partial charge in [-0.2, -0.15) is 0 Å². The van der Waals surface area contributed by atoms with Crippen molar-refractivity contribution < 1.29 is 4.79 Å². The van der Waals surface area contributed by atoms with Crippen molar-refractivity contribution in [2.24, 2.45) is 11.7 Å². The van der Waals surface area contributed by atoms with Crippen LogP contribution in [0.15, 0.2) is 48.5 Å². The van der Waals surface area contributed by atoms with E-state index in [-0.39, 0.29) is 17.4 Å². The molecule has 1 fully saturated rings. The first kappa shape index (κ1) is 22.5. The highest BCUT2D eigenvalue weighted by Gasteiger charge is 2.39. The molecule has 4 rings (SSSR count). The van der Waals surface area contributed by atoms with Crippen LogP contribution in [0.4, 0.5) is 5.82 Å². The lowest BCUT2D eigenvalue weighted by atomic mass is 9.94. The van der Waals surface area contributed by atoms with Crippen molar-refractivity contribution in [1.82, 2.24) is 15.1 Å². The molecule has 168 valence electrons. The molecule has 0 radical (unpaired) electrons. The average molecular weight is 452 g/mol. The number of amides is 1. The minimum Gasteiger partial charge on any atom is -0.351 e. The summed E-state index contributed by atoms with van der Waals surface area (Å²) in [5.41, 5.74) is 7.61. The third-order valence-corrected chi connectivity index (χ3v) is 6.51. The monoisotopic (exact) mass is 451 g/mol. The molecule has 1 atom stereocenters. The smallest absolute Gasteiger partial charge is 0.240 e. The maximum Gasteiger partial charge on any atom is 0.240 e. The molecule has 3 aromatic rings. The van der Waals surface area contributed by atoms with Crippen molar-refractivity contribution in [3.8, 4) is 11.3 Å². The quantitative estimate of drug-likeness (QED) is 0.637. The SMILES string of the molecule is CC(C)C(N)C(=O)N1CCN(c2nnc(-c3ccc(Cl)cc3)c3ccccc23)CC1(C)C. The zero-order valence-corrected chi connectivity index (χ0v) is 19.8. The van der Waals surface area contributed by atoms with E-state index in [1.807, 2.05) is 55.1 Å². The number of nitrogens with zero attached hydrogens (tertiary/aromatic N) is 4. The summed E-state index contributed by atoms with van der Waals surface area (Å²) in [4.78, 5) is 17.1. The van der Waals surface area contributed by atoms with Crippen LogP contribution in [0.5, 0.6) is 0 Å². The number of carbonyl (C=O) groups is 1. The van der Waals surface area contributed by atoms with Crippen molar-refractivity contribution in [1.29, 1.82) is 0 Å². The van der Waals surface area contributed by atoms with E-state index in [4.69, 9.17) is 17.3 Å². The number of hydrogen-bond donors (Lipinski definition) is 1. The van der Waals surface area contributed by atoms with Gasteiger partial charge >= 0.3 is 0 Å². The molecule has 7 heteroatoms. The van der Waals surface area contributed by atoms with E-state index < -0.39 is 6.04 Å². The van der Waals surface area contributed by atoms with Crippen molar-refractivity contribution in [2.75, 3.05) is 24.5 Å². The Morgan fingerprint density at radius 2 is 1.69 bits per heavy atom. The van der Waals surface area contributed by atoms with Crippen molar-refractivity contribution in [2.45, 2.75) is 39.3 Å². The fraction of sp³-hybridized carbons (Fsp3) is 0.400. The maximum atomic E-state index is 13.0. The molecular formula is C25H30ClN5O. The summed E-state index contributed by atoms with van der Waals surface area (Å²) in [7, 11) is 0. The molecule has 1 aliphatic heterocycles. The number of benzene rings is 2. The lowest BCUT2D eigenvalue weighted by Gasteiger charge is -2.48.